The summed E-state index contributed by atoms with van der Waals surface area (Å²) >= 11 is 0. The van der Waals surface area contributed by atoms with E-state index < -0.39 is 8.32 Å². The van der Waals surface area contributed by atoms with E-state index in [1.807, 2.05) is 0 Å². The van der Waals surface area contributed by atoms with Crippen LogP contribution in [0.2, 0.25) is 18.1 Å². The van der Waals surface area contributed by atoms with Crippen LogP contribution in [0.3, 0.4) is 0 Å². The molecule has 22 heavy (non-hydrogen) atoms. The lowest BCUT2D eigenvalue weighted by Gasteiger charge is -2.59. The molecule has 7 atom stereocenters. The van der Waals surface area contributed by atoms with Crippen LogP contribution >= 0.6 is 0 Å². The molecule has 0 amide bonds. The van der Waals surface area contributed by atoms with Gasteiger partial charge in [-0.2, -0.15) is 0 Å². The highest BCUT2D eigenvalue weighted by atomic mass is 28.4. The Balaban J connectivity index is 1.87. The molecule has 0 saturated heterocycles. The summed E-state index contributed by atoms with van der Waals surface area (Å²) in [6.45, 7) is 16.5. The van der Waals surface area contributed by atoms with Gasteiger partial charge in [-0.3, -0.25) is 0 Å². The Bertz CT molecular complexity index is 467. The van der Waals surface area contributed by atoms with Crippen molar-refractivity contribution in [3.63, 3.8) is 0 Å². The summed E-state index contributed by atoms with van der Waals surface area (Å²) in [4.78, 5) is 11.7. The SMILES string of the molecule is C[C@@H]1CC[C@H]2[C@@H]1[C@@H]1[C@H](C=O)C[C@@H](O[Si](C)(C)C(C)(C)C)[C@@]12C. The molecule has 0 spiro atoms. The Kier molecular flexibility index (Phi) is 3.74. The highest BCUT2D eigenvalue weighted by Crippen LogP contribution is 2.73. The Morgan fingerprint density at radius 1 is 1.23 bits per heavy atom. The van der Waals surface area contributed by atoms with E-state index in [1.54, 1.807) is 0 Å². The van der Waals surface area contributed by atoms with Gasteiger partial charge in [0.05, 0.1) is 6.10 Å². The van der Waals surface area contributed by atoms with Crippen molar-refractivity contribution < 1.29 is 9.22 Å². The Morgan fingerprint density at radius 2 is 1.86 bits per heavy atom. The van der Waals surface area contributed by atoms with Gasteiger partial charge >= 0.3 is 0 Å². The van der Waals surface area contributed by atoms with Crippen molar-refractivity contribution in [2.24, 2.45) is 35.0 Å². The van der Waals surface area contributed by atoms with Crippen LogP contribution in [0, 0.1) is 35.0 Å². The molecule has 0 unspecified atom stereocenters. The predicted molar refractivity (Wildman–Crippen MR) is 93.2 cm³/mol. The maximum Gasteiger partial charge on any atom is 0.192 e. The van der Waals surface area contributed by atoms with Gasteiger partial charge in [0.1, 0.15) is 6.29 Å². The van der Waals surface area contributed by atoms with Crippen LogP contribution in [0.4, 0.5) is 0 Å². The second-order valence-electron chi connectivity index (χ2n) is 10.0. The van der Waals surface area contributed by atoms with Gasteiger partial charge in [-0.15, -0.1) is 0 Å². The Morgan fingerprint density at radius 3 is 2.41 bits per heavy atom. The largest absolute Gasteiger partial charge is 0.413 e. The highest BCUT2D eigenvalue weighted by Gasteiger charge is 2.71. The summed E-state index contributed by atoms with van der Waals surface area (Å²) in [7, 11) is -1.77. The average Bonchev–Trinajstić information content (AvgIpc) is 2.82. The zero-order valence-corrected chi connectivity index (χ0v) is 16.5. The van der Waals surface area contributed by atoms with E-state index in [-0.39, 0.29) is 16.4 Å². The molecule has 3 heteroatoms. The number of aldehydes is 1. The fourth-order valence-corrected chi connectivity index (χ4v) is 7.21. The van der Waals surface area contributed by atoms with Crippen molar-refractivity contribution in [1.29, 1.82) is 0 Å². The molecule has 0 heterocycles. The molecule has 0 aromatic rings. The van der Waals surface area contributed by atoms with Crippen LogP contribution in [0.15, 0.2) is 0 Å². The van der Waals surface area contributed by atoms with Crippen molar-refractivity contribution in [3.8, 4) is 0 Å². The standard InChI is InChI=1S/C19H34O2Si/c1-12-8-9-14-16(12)17-13(11-20)10-15(19(14,17)5)21-22(6,7)18(2,3)4/h11-17H,8-10H2,1-7H3/t12-,13+,14+,15-,16-,17+,19+/m1/s1. The van der Waals surface area contributed by atoms with Crippen LogP contribution in [-0.4, -0.2) is 20.7 Å². The van der Waals surface area contributed by atoms with Crippen LogP contribution in [0.5, 0.6) is 0 Å². The van der Waals surface area contributed by atoms with Gasteiger partial charge in [-0.25, -0.2) is 0 Å². The van der Waals surface area contributed by atoms with Crippen LogP contribution < -0.4 is 0 Å². The first-order valence-electron chi connectivity index (χ1n) is 9.17. The van der Waals surface area contributed by atoms with E-state index >= 15 is 0 Å². The quantitative estimate of drug-likeness (QED) is 0.546. The molecule has 3 aliphatic rings. The molecule has 3 fully saturated rings. The molecule has 3 rings (SSSR count). The number of hydrogen-bond acceptors (Lipinski definition) is 2. The topological polar surface area (TPSA) is 26.3 Å². The van der Waals surface area contributed by atoms with E-state index in [2.05, 4.69) is 47.7 Å². The molecular formula is C19H34O2Si. The minimum Gasteiger partial charge on any atom is -0.413 e. The first-order valence-corrected chi connectivity index (χ1v) is 12.1. The zero-order valence-electron chi connectivity index (χ0n) is 15.5. The molecule has 0 bridgehead atoms. The van der Waals surface area contributed by atoms with Crippen molar-refractivity contribution in [1.82, 2.24) is 0 Å². The maximum atomic E-state index is 11.7. The number of carbonyl (C=O) groups excluding carboxylic acids is 1. The second-order valence-corrected chi connectivity index (χ2v) is 14.8. The van der Waals surface area contributed by atoms with Crippen molar-refractivity contribution >= 4 is 14.6 Å². The molecule has 3 saturated carbocycles. The van der Waals surface area contributed by atoms with Gasteiger partial charge in [0, 0.05) is 5.92 Å². The lowest BCUT2D eigenvalue weighted by atomic mass is 9.47. The van der Waals surface area contributed by atoms with Crippen LogP contribution in [-0.2, 0) is 9.22 Å². The van der Waals surface area contributed by atoms with Gasteiger partial charge in [-0.1, -0.05) is 41.0 Å². The minimum absolute atomic E-state index is 0.238. The predicted octanol–water partition coefficient (Wildman–Crippen LogP) is 4.89. The van der Waals surface area contributed by atoms with E-state index in [0.717, 1.165) is 24.2 Å². The van der Waals surface area contributed by atoms with E-state index in [1.165, 1.54) is 19.1 Å². The number of hydrogen-bond donors (Lipinski definition) is 0. The van der Waals surface area contributed by atoms with E-state index in [0.29, 0.717) is 12.0 Å². The molecule has 126 valence electrons. The lowest BCUT2D eigenvalue weighted by Crippen LogP contribution is -2.59. The normalized spacial score (nSPS) is 47.8. The first-order chi connectivity index (χ1) is 10.0. The first kappa shape index (κ1) is 16.7. The van der Waals surface area contributed by atoms with Gasteiger partial charge in [0.2, 0.25) is 0 Å². The Labute approximate surface area is 137 Å². The molecule has 0 aromatic carbocycles. The second kappa shape index (κ2) is 4.92. The minimum atomic E-state index is -1.77. The molecule has 0 aromatic heterocycles. The van der Waals surface area contributed by atoms with Crippen molar-refractivity contribution in [2.45, 2.75) is 78.1 Å². The number of carbonyl (C=O) groups is 1. The fourth-order valence-electron chi connectivity index (χ4n) is 5.79. The third kappa shape index (κ3) is 2.04. The highest BCUT2D eigenvalue weighted by molar-refractivity contribution is 6.74. The van der Waals surface area contributed by atoms with Crippen molar-refractivity contribution in [2.75, 3.05) is 0 Å². The summed E-state index contributed by atoms with van der Waals surface area (Å²) in [6.07, 6.45) is 5.22. The maximum absolute atomic E-state index is 11.7. The molecule has 0 N–H and O–H groups in total. The third-order valence-corrected chi connectivity index (χ3v) is 12.5. The van der Waals surface area contributed by atoms with Crippen molar-refractivity contribution in [3.05, 3.63) is 0 Å². The summed E-state index contributed by atoms with van der Waals surface area (Å²) < 4.78 is 6.86. The smallest absolute Gasteiger partial charge is 0.192 e. The summed E-state index contributed by atoms with van der Waals surface area (Å²) in [5, 5.41) is 0.240. The van der Waals surface area contributed by atoms with Gasteiger partial charge in [-0.05, 0) is 60.1 Å². The summed E-state index contributed by atoms with van der Waals surface area (Å²) in [5.74, 6) is 3.21. The van der Waals surface area contributed by atoms with Crippen LogP contribution in [0.1, 0.15) is 53.9 Å². The molecule has 3 aliphatic carbocycles. The zero-order chi connectivity index (χ0) is 16.5. The van der Waals surface area contributed by atoms with Crippen LogP contribution in [0.25, 0.3) is 0 Å². The summed E-state index contributed by atoms with van der Waals surface area (Å²) in [5.41, 5.74) is 0.260. The lowest BCUT2D eigenvalue weighted by molar-refractivity contribution is -0.146. The van der Waals surface area contributed by atoms with E-state index in [4.69, 9.17) is 4.43 Å². The van der Waals surface area contributed by atoms with E-state index in [9.17, 15) is 4.79 Å². The third-order valence-electron chi connectivity index (χ3n) is 8.05. The molecule has 0 radical (unpaired) electrons. The molecule has 0 aliphatic heterocycles. The average molecular weight is 323 g/mol. The fraction of sp³-hybridized carbons (Fsp3) is 0.947. The van der Waals surface area contributed by atoms with Gasteiger partial charge in [0.25, 0.3) is 0 Å². The number of rotatable bonds is 3. The number of fused-ring (bicyclic) bond motifs is 4. The Hall–Kier alpha value is -0.153. The molecular weight excluding hydrogens is 288 g/mol. The summed E-state index contributed by atoms with van der Waals surface area (Å²) in [6, 6.07) is 0. The molecule has 2 nitrogen and oxygen atoms in total. The van der Waals surface area contributed by atoms with Gasteiger partial charge in [0.15, 0.2) is 8.32 Å². The van der Waals surface area contributed by atoms with Gasteiger partial charge < -0.3 is 9.22 Å². The monoisotopic (exact) mass is 322 g/mol.